The Bertz CT molecular complexity index is 1450. The molecular weight excluding hydrogens is 521 g/mol. The Labute approximate surface area is 223 Å². The van der Waals surface area contributed by atoms with Crippen LogP contribution in [0, 0.1) is 0 Å². The molecule has 37 heavy (non-hydrogen) atoms. The topological polar surface area (TPSA) is 116 Å². The molecule has 196 valence electrons. The third-order valence-electron chi connectivity index (χ3n) is 6.15. The minimum Gasteiger partial charge on any atom is -0.489 e. The molecule has 2 aliphatic rings. The van der Waals surface area contributed by atoms with E-state index in [9.17, 15) is 9.59 Å². The number of halogens is 2. The summed E-state index contributed by atoms with van der Waals surface area (Å²) in [5, 5.41) is 0.553. The molecule has 5 heterocycles. The summed E-state index contributed by atoms with van der Waals surface area (Å²) in [7, 11) is 0. The van der Waals surface area contributed by atoms with Gasteiger partial charge in [0.2, 0.25) is 0 Å². The molecule has 0 aliphatic carbocycles. The van der Waals surface area contributed by atoms with E-state index in [0.717, 1.165) is 0 Å². The first kappa shape index (κ1) is 25.5. The van der Waals surface area contributed by atoms with Crippen LogP contribution in [-0.2, 0) is 4.74 Å². The Balaban J connectivity index is 1.66. The summed E-state index contributed by atoms with van der Waals surface area (Å²) < 4.78 is 13.0. The van der Waals surface area contributed by atoms with E-state index in [1.54, 1.807) is 11.1 Å². The van der Waals surface area contributed by atoms with E-state index in [-0.39, 0.29) is 40.1 Å². The lowest BCUT2D eigenvalue weighted by Crippen LogP contribution is -2.57. The van der Waals surface area contributed by atoms with E-state index in [0.29, 0.717) is 42.4 Å². The maximum absolute atomic E-state index is 13.6. The van der Waals surface area contributed by atoms with Gasteiger partial charge in [0.15, 0.2) is 22.4 Å². The molecule has 5 rings (SSSR count). The highest BCUT2D eigenvalue weighted by Crippen LogP contribution is 2.43. The molecule has 1 saturated heterocycles. The predicted molar refractivity (Wildman–Crippen MR) is 139 cm³/mol. The normalized spacial score (nSPS) is 17.5. The summed E-state index contributed by atoms with van der Waals surface area (Å²) in [6.07, 6.45) is 2.67. The molecule has 0 aromatic carbocycles. The van der Waals surface area contributed by atoms with E-state index in [4.69, 9.17) is 32.7 Å². The van der Waals surface area contributed by atoms with Gasteiger partial charge in [0.05, 0.1) is 11.7 Å². The van der Waals surface area contributed by atoms with Crippen LogP contribution in [0.2, 0.25) is 10.2 Å². The smallest absolute Gasteiger partial charge is 0.410 e. The number of ether oxygens (including phenoxy) is 2. The van der Waals surface area contributed by atoms with Gasteiger partial charge in [-0.05, 0) is 26.7 Å². The Kier molecular flexibility index (Phi) is 6.39. The van der Waals surface area contributed by atoms with Crippen molar-refractivity contribution < 1.29 is 14.3 Å². The molecule has 1 fully saturated rings. The lowest BCUT2D eigenvalue weighted by atomic mass is 10.1. The van der Waals surface area contributed by atoms with Crippen LogP contribution < -0.4 is 15.3 Å². The first-order valence-electron chi connectivity index (χ1n) is 12.0. The van der Waals surface area contributed by atoms with Crippen molar-refractivity contribution >= 4 is 46.1 Å². The lowest BCUT2D eigenvalue weighted by Gasteiger charge is -2.41. The Morgan fingerprint density at radius 1 is 1.14 bits per heavy atom. The van der Waals surface area contributed by atoms with Crippen molar-refractivity contribution in [2.75, 3.05) is 31.1 Å². The van der Waals surface area contributed by atoms with Crippen LogP contribution >= 0.6 is 23.2 Å². The van der Waals surface area contributed by atoms with Gasteiger partial charge in [0.25, 0.3) is 0 Å². The molecule has 0 N–H and O–H groups in total. The van der Waals surface area contributed by atoms with Crippen molar-refractivity contribution in [2.24, 2.45) is 0 Å². The van der Waals surface area contributed by atoms with Crippen LogP contribution in [0.1, 0.15) is 46.2 Å². The average Bonchev–Trinajstić information content (AvgIpc) is 2.98. The highest BCUT2D eigenvalue weighted by molar-refractivity contribution is 6.43. The van der Waals surface area contributed by atoms with E-state index in [1.807, 2.05) is 39.5 Å². The second kappa shape index (κ2) is 9.29. The van der Waals surface area contributed by atoms with Crippen molar-refractivity contribution in [2.45, 2.75) is 52.2 Å². The molecule has 11 nitrogen and oxygen atoms in total. The number of pyridine rings is 1. The molecule has 1 atom stereocenters. The standard InChI is InChI=1S/C24H27Cl2N7O4/c1-12(2)16-21(28-7-6-27-16)33-20-14-17(15(25)18(26)29-20)36-11-13-10-31(23(35)37-24(3,4)5)8-9-32(13)19(14)30-22(33)34/h6-7,12-13H,8-11H2,1-5H3/t13-/m1/s1. The number of carbonyl (C=O) groups excluding carboxylic acids is 1. The Morgan fingerprint density at radius 3 is 2.57 bits per heavy atom. The summed E-state index contributed by atoms with van der Waals surface area (Å²) in [6.45, 7) is 10.7. The molecule has 13 heteroatoms. The van der Waals surface area contributed by atoms with E-state index < -0.39 is 17.4 Å². The summed E-state index contributed by atoms with van der Waals surface area (Å²) in [6, 6.07) is -0.308. The SMILES string of the molecule is CC(C)c1nccnc1-n1c(=O)nc2c3c(c(Cl)c(Cl)nc31)OC[C@H]1CN(C(=O)OC(C)(C)C)CCN21. The summed E-state index contributed by atoms with van der Waals surface area (Å²) in [5.41, 5.74) is -0.378. The first-order valence-corrected chi connectivity index (χ1v) is 12.7. The largest absolute Gasteiger partial charge is 0.489 e. The van der Waals surface area contributed by atoms with Gasteiger partial charge in [0, 0.05) is 32.0 Å². The van der Waals surface area contributed by atoms with Gasteiger partial charge in [-0.15, -0.1) is 0 Å². The number of nitrogens with zero attached hydrogens (tertiary/aromatic N) is 7. The third kappa shape index (κ3) is 4.54. The minimum absolute atomic E-state index is 0.0142. The van der Waals surface area contributed by atoms with Crippen molar-refractivity contribution in [1.82, 2.24) is 29.4 Å². The van der Waals surface area contributed by atoms with E-state index >= 15 is 0 Å². The molecule has 0 spiro atoms. The zero-order chi connectivity index (χ0) is 26.6. The van der Waals surface area contributed by atoms with E-state index in [1.165, 1.54) is 10.8 Å². The van der Waals surface area contributed by atoms with Gasteiger partial charge in [-0.2, -0.15) is 4.98 Å². The number of hydrogen-bond acceptors (Lipinski definition) is 9. The van der Waals surface area contributed by atoms with E-state index in [2.05, 4.69) is 19.9 Å². The number of aromatic nitrogens is 5. The maximum atomic E-state index is 13.6. The van der Waals surface area contributed by atoms with Gasteiger partial charge in [0.1, 0.15) is 28.4 Å². The zero-order valence-corrected chi connectivity index (χ0v) is 22.7. The Hall–Kier alpha value is -3.18. The average molecular weight is 548 g/mol. The summed E-state index contributed by atoms with van der Waals surface area (Å²) in [4.78, 5) is 47.7. The van der Waals surface area contributed by atoms with Gasteiger partial charge in [-0.3, -0.25) is 4.98 Å². The quantitative estimate of drug-likeness (QED) is 0.441. The predicted octanol–water partition coefficient (Wildman–Crippen LogP) is 3.82. The molecule has 2 aliphatic heterocycles. The lowest BCUT2D eigenvalue weighted by molar-refractivity contribution is 0.0202. The molecule has 3 aromatic rings. The highest BCUT2D eigenvalue weighted by Gasteiger charge is 2.38. The van der Waals surface area contributed by atoms with Crippen molar-refractivity contribution in [1.29, 1.82) is 0 Å². The fourth-order valence-electron chi connectivity index (χ4n) is 4.56. The van der Waals surface area contributed by atoms with Crippen LogP contribution in [-0.4, -0.2) is 73.4 Å². The number of amides is 1. The van der Waals surface area contributed by atoms with Gasteiger partial charge in [-0.25, -0.2) is 24.1 Å². The molecule has 1 amide bonds. The highest BCUT2D eigenvalue weighted by atomic mass is 35.5. The summed E-state index contributed by atoms with van der Waals surface area (Å²) >= 11 is 13.0. The maximum Gasteiger partial charge on any atom is 0.410 e. The van der Waals surface area contributed by atoms with Crippen LogP contribution in [0.3, 0.4) is 0 Å². The van der Waals surface area contributed by atoms with Crippen molar-refractivity contribution in [3.63, 3.8) is 0 Å². The van der Waals surface area contributed by atoms with Crippen LogP contribution in [0.15, 0.2) is 17.2 Å². The first-order chi connectivity index (χ1) is 17.5. The molecule has 0 bridgehead atoms. The van der Waals surface area contributed by atoms with Crippen LogP contribution in [0.5, 0.6) is 5.75 Å². The molecular formula is C24H27Cl2N7O4. The zero-order valence-electron chi connectivity index (χ0n) is 21.2. The molecule has 0 unspecified atom stereocenters. The number of anilines is 1. The third-order valence-corrected chi connectivity index (χ3v) is 6.88. The van der Waals surface area contributed by atoms with Crippen LogP contribution in [0.4, 0.5) is 10.6 Å². The second-order valence-electron chi connectivity index (χ2n) is 10.3. The van der Waals surface area contributed by atoms with Crippen molar-refractivity contribution in [3.05, 3.63) is 38.7 Å². The fraction of sp³-hybridized carbons (Fsp3) is 0.500. The molecule has 0 radical (unpaired) electrons. The molecule has 0 saturated carbocycles. The minimum atomic E-state index is -0.617. The number of hydrogen-bond donors (Lipinski definition) is 0. The van der Waals surface area contributed by atoms with Gasteiger partial charge < -0.3 is 19.3 Å². The van der Waals surface area contributed by atoms with Crippen LogP contribution in [0.25, 0.3) is 16.9 Å². The number of fused-ring (bicyclic) bond motifs is 2. The van der Waals surface area contributed by atoms with Gasteiger partial charge in [-0.1, -0.05) is 37.0 Å². The number of carbonyl (C=O) groups is 1. The number of piperazine rings is 1. The molecule has 3 aromatic heterocycles. The Morgan fingerprint density at radius 2 is 1.86 bits per heavy atom. The van der Waals surface area contributed by atoms with Gasteiger partial charge >= 0.3 is 11.8 Å². The second-order valence-corrected chi connectivity index (χ2v) is 11.0. The summed E-state index contributed by atoms with van der Waals surface area (Å²) in [5.74, 6) is 0.943. The number of rotatable bonds is 2. The fourth-order valence-corrected chi connectivity index (χ4v) is 4.91. The monoisotopic (exact) mass is 547 g/mol. The van der Waals surface area contributed by atoms with Crippen molar-refractivity contribution in [3.8, 4) is 11.6 Å².